The Morgan fingerprint density at radius 1 is 1.44 bits per heavy atom. The molecule has 10 heteroatoms. The van der Waals surface area contributed by atoms with E-state index in [0.29, 0.717) is 30.9 Å². The Morgan fingerprint density at radius 3 is 2.76 bits per heavy atom. The average Bonchev–Trinajstić information content (AvgIpc) is 3.01. The van der Waals surface area contributed by atoms with Crippen LogP contribution >= 0.6 is 0 Å². The summed E-state index contributed by atoms with van der Waals surface area (Å²) in [5, 5.41) is 49.4. The van der Waals surface area contributed by atoms with Crippen molar-refractivity contribution in [3.05, 3.63) is 23.3 Å². The largest absolute Gasteiger partial charge is 0.507 e. The second-order valence-corrected chi connectivity index (χ2v) is 5.89. The number of carboxylic acids is 1. The number of aryl methyl sites for hydroxylation is 1. The topological polar surface area (TPSA) is 143 Å². The van der Waals surface area contributed by atoms with Crippen LogP contribution in [0.2, 0.25) is 6.32 Å². The number of aromatic carboxylic acids is 1. The van der Waals surface area contributed by atoms with Gasteiger partial charge in [-0.05, 0) is 31.3 Å². The fourth-order valence-electron chi connectivity index (χ4n) is 2.77. The first-order valence-electron chi connectivity index (χ1n) is 7.88. The third kappa shape index (κ3) is 4.55. The number of nitrogens with zero attached hydrogens (tertiary/aromatic N) is 2. The molecule has 2 rings (SSSR count). The highest BCUT2D eigenvalue weighted by Crippen LogP contribution is 2.33. The lowest BCUT2D eigenvalue weighted by Crippen LogP contribution is -2.29. The number of oxime groups is 1. The first-order chi connectivity index (χ1) is 11.8. The van der Waals surface area contributed by atoms with E-state index >= 15 is 0 Å². The van der Waals surface area contributed by atoms with Crippen molar-refractivity contribution in [2.75, 3.05) is 13.1 Å². The number of amidine groups is 1. The lowest BCUT2D eigenvalue weighted by Gasteiger charge is -2.19. The maximum absolute atomic E-state index is 11.5. The monoisotopic (exact) mass is 352 g/mol. The van der Waals surface area contributed by atoms with Gasteiger partial charge in [0.1, 0.15) is 29.0 Å². The van der Waals surface area contributed by atoms with Gasteiger partial charge < -0.3 is 35.1 Å². The van der Waals surface area contributed by atoms with Crippen LogP contribution in [-0.4, -0.2) is 68.5 Å². The predicted octanol–water partition coefficient (Wildman–Crippen LogP) is 0.366. The van der Waals surface area contributed by atoms with Gasteiger partial charge in [0.05, 0.1) is 6.54 Å². The number of aromatic hydroxyl groups is 1. The Kier molecular flexibility index (Phi) is 6.10. The van der Waals surface area contributed by atoms with Gasteiger partial charge in [-0.25, -0.2) is 4.79 Å². The first kappa shape index (κ1) is 18.9. The second-order valence-electron chi connectivity index (χ2n) is 5.89. The SMILES string of the molecule is CC(=NO)N1CC[C@@H](Oc2ccc(CCB(O)O)c(O)c2C(=O)O)C1. The zero-order valence-corrected chi connectivity index (χ0v) is 13.8. The normalized spacial score (nSPS) is 17.6. The lowest BCUT2D eigenvalue weighted by molar-refractivity contribution is 0.0685. The molecule has 136 valence electrons. The van der Waals surface area contributed by atoms with Crippen LogP contribution in [0.5, 0.6) is 11.5 Å². The molecule has 0 aliphatic carbocycles. The number of hydrogen-bond donors (Lipinski definition) is 5. The number of carbonyl (C=O) groups is 1. The summed E-state index contributed by atoms with van der Waals surface area (Å²) >= 11 is 0. The van der Waals surface area contributed by atoms with Crippen molar-refractivity contribution in [3.63, 3.8) is 0 Å². The van der Waals surface area contributed by atoms with Gasteiger partial charge in [-0.15, -0.1) is 0 Å². The zero-order valence-electron chi connectivity index (χ0n) is 13.8. The molecule has 5 N–H and O–H groups in total. The molecule has 9 nitrogen and oxygen atoms in total. The Balaban J connectivity index is 2.18. The molecule has 1 atom stereocenters. The highest BCUT2D eigenvalue weighted by atomic mass is 16.5. The molecular formula is C15H21BN2O7. The third-order valence-electron chi connectivity index (χ3n) is 4.15. The van der Waals surface area contributed by atoms with Crippen molar-refractivity contribution in [2.24, 2.45) is 5.16 Å². The van der Waals surface area contributed by atoms with Crippen LogP contribution in [0.15, 0.2) is 17.3 Å². The summed E-state index contributed by atoms with van der Waals surface area (Å²) in [6, 6.07) is 2.96. The van der Waals surface area contributed by atoms with Crippen LogP contribution in [-0.2, 0) is 6.42 Å². The van der Waals surface area contributed by atoms with E-state index in [1.165, 1.54) is 12.1 Å². The van der Waals surface area contributed by atoms with Gasteiger partial charge in [0.25, 0.3) is 0 Å². The van der Waals surface area contributed by atoms with E-state index in [4.69, 9.17) is 20.0 Å². The van der Waals surface area contributed by atoms with Crippen molar-refractivity contribution >= 4 is 18.9 Å². The molecule has 0 saturated carbocycles. The highest BCUT2D eigenvalue weighted by molar-refractivity contribution is 6.41. The number of hydrogen-bond acceptors (Lipinski definition) is 7. The molecule has 1 fully saturated rings. The van der Waals surface area contributed by atoms with E-state index in [-0.39, 0.29) is 30.2 Å². The lowest BCUT2D eigenvalue weighted by atomic mass is 9.82. The van der Waals surface area contributed by atoms with E-state index < -0.39 is 18.8 Å². The third-order valence-corrected chi connectivity index (χ3v) is 4.15. The summed E-state index contributed by atoms with van der Waals surface area (Å²) in [6.45, 7) is 2.71. The molecule has 1 aliphatic rings. The van der Waals surface area contributed by atoms with E-state index in [1.54, 1.807) is 6.92 Å². The van der Waals surface area contributed by atoms with Gasteiger partial charge in [-0.3, -0.25) is 0 Å². The van der Waals surface area contributed by atoms with Crippen molar-refractivity contribution < 1.29 is 35.0 Å². The van der Waals surface area contributed by atoms with E-state index in [1.807, 2.05) is 4.90 Å². The summed E-state index contributed by atoms with van der Waals surface area (Å²) < 4.78 is 5.74. The summed E-state index contributed by atoms with van der Waals surface area (Å²) in [6.07, 6.45) is 0.405. The number of benzene rings is 1. The van der Waals surface area contributed by atoms with Gasteiger partial charge >= 0.3 is 13.1 Å². The maximum Gasteiger partial charge on any atom is 0.451 e. The molecule has 1 aromatic carbocycles. The van der Waals surface area contributed by atoms with Crippen LogP contribution in [0.3, 0.4) is 0 Å². The van der Waals surface area contributed by atoms with Crippen LogP contribution in [0.4, 0.5) is 0 Å². The van der Waals surface area contributed by atoms with Gasteiger partial charge in [-0.2, -0.15) is 0 Å². The minimum atomic E-state index is -1.54. The Bertz CT molecular complexity index is 666. The van der Waals surface area contributed by atoms with Crippen molar-refractivity contribution in [3.8, 4) is 11.5 Å². The standard InChI is InChI=1S/C15H21BN2O7/c1-9(17-24)18-7-5-11(8-18)25-12-3-2-10(4-6-16(22)23)14(19)13(12)15(20)21/h2-3,11,19,22-24H,4-8H2,1H3,(H,20,21)/t11-/m1/s1. The number of ether oxygens (including phenoxy) is 1. The quantitative estimate of drug-likeness (QED) is 0.162. The Morgan fingerprint density at radius 2 is 2.16 bits per heavy atom. The van der Waals surface area contributed by atoms with Gasteiger partial charge in [0.15, 0.2) is 0 Å². The molecule has 0 radical (unpaired) electrons. The van der Waals surface area contributed by atoms with Gasteiger partial charge in [-0.1, -0.05) is 11.2 Å². The first-order valence-corrected chi connectivity index (χ1v) is 7.88. The van der Waals surface area contributed by atoms with Crippen molar-refractivity contribution in [1.82, 2.24) is 4.90 Å². The molecule has 1 heterocycles. The summed E-state index contributed by atoms with van der Waals surface area (Å²) in [4.78, 5) is 13.3. The number of carboxylic acid groups (broad SMARTS) is 1. The minimum absolute atomic E-state index is 0.0236. The Labute approximate surface area is 144 Å². The van der Waals surface area contributed by atoms with Crippen LogP contribution in [0, 0.1) is 0 Å². The number of likely N-dealkylation sites (tertiary alicyclic amines) is 1. The fraction of sp³-hybridized carbons (Fsp3) is 0.467. The second kappa shape index (κ2) is 8.08. The molecule has 0 amide bonds. The van der Waals surface area contributed by atoms with Gasteiger partial charge in [0, 0.05) is 13.0 Å². The molecule has 0 spiro atoms. The van der Waals surface area contributed by atoms with E-state index in [9.17, 15) is 15.0 Å². The molecule has 0 aromatic heterocycles. The molecule has 1 saturated heterocycles. The average molecular weight is 352 g/mol. The van der Waals surface area contributed by atoms with E-state index in [0.717, 1.165) is 0 Å². The van der Waals surface area contributed by atoms with Crippen molar-refractivity contribution in [2.45, 2.75) is 32.2 Å². The molecule has 1 aromatic rings. The molecule has 0 bridgehead atoms. The maximum atomic E-state index is 11.5. The number of rotatable bonds is 6. The summed E-state index contributed by atoms with van der Waals surface area (Å²) in [5.41, 5.74) is -0.0508. The van der Waals surface area contributed by atoms with E-state index in [2.05, 4.69) is 5.16 Å². The summed E-state index contributed by atoms with van der Waals surface area (Å²) in [5.74, 6) is -1.27. The predicted molar refractivity (Wildman–Crippen MR) is 89.3 cm³/mol. The zero-order chi connectivity index (χ0) is 18.6. The smallest absolute Gasteiger partial charge is 0.451 e. The molecule has 1 aliphatic heterocycles. The van der Waals surface area contributed by atoms with Crippen LogP contribution < -0.4 is 4.74 Å². The molecular weight excluding hydrogens is 331 g/mol. The number of phenols is 1. The molecule has 25 heavy (non-hydrogen) atoms. The summed E-state index contributed by atoms with van der Waals surface area (Å²) in [7, 11) is -1.54. The van der Waals surface area contributed by atoms with Gasteiger partial charge in [0.2, 0.25) is 0 Å². The van der Waals surface area contributed by atoms with Crippen LogP contribution in [0.1, 0.15) is 29.3 Å². The Hall–Kier alpha value is -2.46. The highest BCUT2D eigenvalue weighted by Gasteiger charge is 2.28. The fourth-order valence-corrected chi connectivity index (χ4v) is 2.77. The molecule has 0 unspecified atom stereocenters. The van der Waals surface area contributed by atoms with Crippen LogP contribution in [0.25, 0.3) is 0 Å². The van der Waals surface area contributed by atoms with Crippen molar-refractivity contribution in [1.29, 1.82) is 0 Å². The minimum Gasteiger partial charge on any atom is -0.507 e.